The van der Waals surface area contributed by atoms with E-state index in [1.165, 1.54) is 38.5 Å². The first-order chi connectivity index (χ1) is 10.7. The highest BCUT2D eigenvalue weighted by Crippen LogP contribution is 2.38. The van der Waals surface area contributed by atoms with Crippen molar-refractivity contribution in [3.8, 4) is 11.5 Å². The number of hydrogen-bond acceptors (Lipinski definition) is 2. The Morgan fingerprint density at radius 3 is 2.32 bits per heavy atom. The van der Waals surface area contributed by atoms with Crippen LogP contribution in [-0.4, -0.2) is 11.7 Å². The molecule has 120 valence electrons. The van der Waals surface area contributed by atoms with Gasteiger partial charge in [-0.25, -0.2) is 0 Å². The molecule has 1 N–H and O–H groups in total. The molecule has 0 bridgehead atoms. The molecule has 0 aromatic heterocycles. The van der Waals surface area contributed by atoms with Gasteiger partial charge in [0.25, 0.3) is 0 Å². The molecule has 2 aromatic rings. The summed E-state index contributed by atoms with van der Waals surface area (Å²) >= 11 is 6.07. The summed E-state index contributed by atoms with van der Waals surface area (Å²) in [6.45, 7) is 2.93. The number of benzene rings is 2. The molecular weight excluding hydrogens is 296 g/mol. The SMILES string of the molecule is CCCCCCCCCOc1cc(Cl)c(O)c2ccccc12. The van der Waals surface area contributed by atoms with Crippen LogP contribution in [-0.2, 0) is 0 Å². The second kappa shape index (κ2) is 8.89. The minimum Gasteiger partial charge on any atom is -0.506 e. The largest absolute Gasteiger partial charge is 0.506 e. The lowest BCUT2D eigenvalue weighted by Crippen LogP contribution is -1.98. The summed E-state index contributed by atoms with van der Waals surface area (Å²) in [5.74, 6) is 0.880. The van der Waals surface area contributed by atoms with Gasteiger partial charge in [0.1, 0.15) is 11.5 Å². The fraction of sp³-hybridized carbons (Fsp3) is 0.474. The maximum Gasteiger partial charge on any atom is 0.142 e. The van der Waals surface area contributed by atoms with Gasteiger partial charge in [0, 0.05) is 16.8 Å². The quantitative estimate of drug-likeness (QED) is 0.547. The molecule has 0 aliphatic heterocycles. The molecule has 0 atom stereocenters. The van der Waals surface area contributed by atoms with E-state index in [0.29, 0.717) is 11.6 Å². The van der Waals surface area contributed by atoms with Crippen molar-refractivity contribution in [3.05, 3.63) is 35.4 Å². The minimum atomic E-state index is 0.126. The van der Waals surface area contributed by atoms with Crippen molar-refractivity contribution in [2.45, 2.75) is 51.9 Å². The zero-order valence-electron chi connectivity index (χ0n) is 13.3. The zero-order valence-corrected chi connectivity index (χ0v) is 14.0. The molecule has 0 spiro atoms. The predicted molar refractivity (Wildman–Crippen MR) is 94.1 cm³/mol. The first kappa shape index (κ1) is 17.0. The molecule has 0 fully saturated rings. The van der Waals surface area contributed by atoms with Crippen LogP contribution in [0.1, 0.15) is 51.9 Å². The zero-order chi connectivity index (χ0) is 15.8. The van der Waals surface area contributed by atoms with Crippen LogP contribution in [0.3, 0.4) is 0 Å². The van der Waals surface area contributed by atoms with Gasteiger partial charge in [-0.2, -0.15) is 0 Å². The number of halogens is 1. The Morgan fingerprint density at radius 1 is 0.955 bits per heavy atom. The van der Waals surface area contributed by atoms with Crippen LogP contribution >= 0.6 is 11.6 Å². The number of fused-ring (bicyclic) bond motifs is 1. The number of hydrogen-bond donors (Lipinski definition) is 1. The molecule has 0 radical (unpaired) electrons. The van der Waals surface area contributed by atoms with Crippen LogP contribution in [0, 0.1) is 0 Å². The molecule has 0 amide bonds. The summed E-state index contributed by atoms with van der Waals surface area (Å²) in [6, 6.07) is 9.35. The maximum atomic E-state index is 10.0. The third-order valence-electron chi connectivity index (χ3n) is 3.94. The van der Waals surface area contributed by atoms with Gasteiger partial charge < -0.3 is 9.84 Å². The molecule has 0 unspecified atom stereocenters. The van der Waals surface area contributed by atoms with E-state index >= 15 is 0 Å². The second-order valence-electron chi connectivity index (χ2n) is 5.72. The van der Waals surface area contributed by atoms with E-state index in [9.17, 15) is 5.11 Å². The summed E-state index contributed by atoms with van der Waals surface area (Å²) in [4.78, 5) is 0. The van der Waals surface area contributed by atoms with E-state index in [1.807, 2.05) is 24.3 Å². The summed E-state index contributed by atoms with van der Waals surface area (Å²) < 4.78 is 5.89. The topological polar surface area (TPSA) is 29.5 Å². The summed E-state index contributed by atoms with van der Waals surface area (Å²) in [6.07, 6.45) is 8.83. The Balaban J connectivity index is 1.86. The lowest BCUT2D eigenvalue weighted by atomic mass is 10.1. The van der Waals surface area contributed by atoms with Gasteiger partial charge >= 0.3 is 0 Å². The highest BCUT2D eigenvalue weighted by Gasteiger charge is 2.10. The summed E-state index contributed by atoms with van der Waals surface area (Å²) in [5.41, 5.74) is 0. The molecule has 0 saturated heterocycles. The van der Waals surface area contributed by atoms with Crippen molar-refractivity contribution in [2.75, 3.05) is 6.61 Å². The molecular formula is C19H25ClO2. The number of phenols is 1. The van der Waals surface area contributed by atoms with Crippen molar-refractivity contribution >= 4 is 22.4 Å². The normalized spacial score (nSPS) is 11.0. The van der Waals surface area contributed by atoms with Crippen molar-refractivity contribution in [2.24, 2.45) is 0 Å². The van der Waals surface area contributed by atoms with Crippen molar-refractivity contribution in [1.29, 1.82) is 0 Å². The standard InChI is InChI=1S/C19H25ClO2/c1-2-3-4-5-6-7-10-13-22-18-14-17(20)19(21)16-12-9-8-11-15(16)18/h8-9,11-12,14,21H,2-7,10,13H2,1H3. The minimum absolute atomic E-state index is 0.126. The average molecular weight is 321 g/mol. The van der Waals surface area contributed by atoms with Gasteiger partial charge in [0.15, 0.2) is 0 Å². The highest BCUT2D eigenvalue weighted by atomic mass is 35.5. The molecule has 0 heterocycles. The average Bonchev–Trinajstić information content (AvgIpc) is 2.54. The second-order valence-corrected chi connectivity index (χ2v) is 6.13. The van der Waals surface area contributed by atoms with Crippen molar-refractivity contribution in [3.63, 3.8) is 0 Å². The number of rotatable bonds is 9. The summed E-state index contributed by atoms with van der Waals surface area (Å²) in [7, 11) is 0. The molecule has 0 saturated carbocycles. The van der Waals surface area contributed by atoms with Gasteiger partial charge in [0.05, 0.1) is 11.6 Å². The molecule has 0 aliphatic rings. The van der Waals surface area contributed by atoms with E-state index in [1.54, 1.807) is 6.07 Å². The summed E-state index contributed by atoms with van der Waals surface area (Å²) in [5, 5.41) is 12.0. The van der Waals surface area contributed by atoms with Crippen molar-refractivity contribution < 1.29 is 9.84 Å². The Kier molecular flexibility index (Phi) is 6.85. The van der Waals surface area contributed by atoms with Gasteiger partial charge in [-0.05, 0) is 6.42 Å². The number of phenolic OH excluding ortho intramolecular Hbond substituents is 1. The monoisotopic (exact) mass is 320 g/mol. The first-order valence-corrected chi connectivity index (χ1v) is 8.65. The number of ether oxygens (including phenoxy) is 1. The Hall–Kier alpha value is -1.41. The molecule has 22 heavy (non-hydrogen) atoms. The van der Waals surface area contributed by atoms with E-state index in [0.717, 1.165) is 22.9 Å². The predicted octanol–water partition coefficient (Wildman–Crippen LogP) is 6.33. The van der Waals surface area contributed by atoms with Gasteiger partial charge in [-0.15, -0.1) is 0 Å². The van der Waals surface area contributed by atoms with Gasteiger partial charge in [-0.1, -0.05) is 81.3 Å². The van der Waals surface area contributed by atoms with Crippen molar-refractivity contribution in [1.82, 2.24) is 0 Å². The lowest BCUT2D eigenvalue weighted by Gasteiger charge is -2.11. The van der Waals surface area contributed by atoms with Crippen LogP contribution in [0.2, 0.25) is 5.02 Å². The first-order valence-electron chi connectivity index (χ1n) is 8.27. The van der Waals surface area contributed by atoms with Crippen LogP contribution in [0.15, 0.2) is 30.3 Å². The van der Waals surface area contributed by atoms with Crippen LogP contribution < -0.4 is 4.74 Å². The molecule has 0 aliphatic carbocycles. The Morgan fingerprint density at radius 2 is 1.59 bits per heavy atom. The molecule has 2 nitrogen and oxygen atoms in total. The fourth-order valence-corrected chi connectivity index (χ4v) is 2.86. The molecule has 2 rings (SSSR count). The molecule has 2 aromatic carbocycles. The van der Waals surface area contributed by atoms with E-state index in [2.05, 4.69) is 6.92 Å². The van der Waals surface area contributed by atoms with E-state index < -0.39 is 0 Å². The smallest absolute Gasteiger partial charge is 0.142 e. The maximum absolute atomic E-state index is 10.0. The third-order valence-corrected chi connectivity index (χ3v) is 4.23. The number of aromatic hydroxyl groups is 1. The fourth-order valence-electron chi connectivity index (χ4n) is 2.66. The molecule has 3 heteroatoms. The van der Waals surface area contributed by atoms with Gasteiger partial charge in [-0.3, -0.25) is 0 Å². The lowest BCUT2D eigenvalue weighted by molar-refractivity contribution is 0.307. The van der Waals surface area contributed by atoms with E-state index in [4.69, 9.17) is 16.3 Å². The highest BCUT2D eigenvalue weighted by molar-refractivity contribution is 6.33. The van der Waals surface area contributed by atoms with Gasteiger partial charge in [0.2, 0.25) is 0 Å². The van der Waals surface area contributed by atoms with Crippen LogP contribution in [0.4, 0.5) is 0 Å². The Bertz CT molecular complexity index is 595. The number of unbranched alkanes of at least 4 members (excludes halogenated alkanes) is 6. The van der Waals surface area contributed by atoms with Crippen LogP contribution in [0.25, 0.3) is 10.8 Å². The Labute approximate surface area is 138 Å². The third kappa shape index (κ3) is 4.54. The van der Waals surface area contributed by atoms with Crippen LogP contribution in [0.5, 0.6) is 11.5 Å². The van der Waals surface area contributed by atoms with E-state index in [-0.39, 0.29) is 5.75 Å².